The Morgan fingerprint density at radius 1 is 0.574 bits per heavy atom. The summed E-state index contributed by atoms with van der Waals surface area (Å²) in [7, 11) is 1.21. The van der Waals surface area contributed by atoms with E-state index in [1.54, 1.807) is 6.92 Å². The highest BCUT2D eigenvalue weighted by Crippen LogP contribution is 2.36. The van der Waals surface area contributed by atoms with E-state index in [-0.39, 0.29) is 0 Å². The average molecular weight is 793 g/mol. The Morgan fingerprint density at radius 3 is 1.54 bits per heavy atom. The van der Waals surface area contributed by atoms with Crippen molar-refractivity contribution in [3.8, 4) is 0 Å². The van der Waals surface area contributed by atoms with Crippen molar-refractivity contribution in [2.24, 2.45) is 5.92 Å². The van der Waals surface area contributed by atoms with Gasteiger partial charge in [-0.05, 0) is 13.8 Å². The predicted octanol–water partition coefficient (Wildman–Crippen LogP) is -6.80. The number of rotatable bonds is 17. The van der Waals surface area contributed by atoms with Gasteiger partial charge in [0, 0.05) is 13.0 Å². The number of hydrogen-bond donors (Lipinski definition) is 11. The van der Waals surface area contributed by atoms with Gasteiger partial charge in [-0.3, -0.25) is 4.79 Å². The fraction of sp³-hybridized carbons (Fsp3) is 0.969. The summed E-state index contributed by atoms with van der Waals surface area (Å²) in [6.07, 6.45) is -30.3. The van der Waals surface area contributed by atoms with Gasteiger partial charge in [0.15, 0.2) is 30.9 Å². The zero-order chi connectivity index (χ0) is 40.0. The Labute approximate surface area is 310 Å². The molecule has 54 heavy (non-hydrogen) atoms. The quantitative estimate of drug-likeness (QED) is 0.0610. The van der Waals surface area contributed by atoms with Crippen LogP contribution in [0.5, 0.6) is 0 Å². The van der Waals surface area contributed by atoms with Crippen molar-refractivity contribution >= 4 is 5.78 Å². The SMILES string of the molecule is COC(O)COC1C(O)C(C)C(CO)O[C@H]1O[C@@H]1C(CO)O[C@@H](O[C@@H]2C(CO)O[C@@H](O[C@@H]3C(CO)OC(C)C(O)C3O)C(OCC(C)=O)C2O)C(O)C1O. The Bertz CT molecular complexity index is 1130. The summed E-state index contributed by atoms with van der Waals surface area (Å²) >= 11 is 0. The fourth-order valence-corrected chi connectivity index (χ4v) is 6.76. The van der Waals surface area contributed by atoms with Gasteiger partial charge in [0.1, 0.15) is 86.0 Å². The van der Waals surface area contributed by atoms with Gasteiger partial charge in [0.05, 0.1) is 51.3 Å². The van der Waals surface area contributed by atoms with Gasteiger partial charge in [0.2, 0.25) is 0 Å². The number of carbonyl (C=O) groups excluding carboxylic acids is 1. The molecule has 0 aromatic carbocycles. The first-order valence-corrected chi connectivity index (χ1v) is 17.7. The first kappa shape index (κ1) is 45.5. The number of ether oxygens (including phenoxy) is 10. The normalized spacial score (nSPS) is 46.6. The summed E-state index contributed by atoms with van der Waals surface area (Å²) in [5.74, 6) is -1.17. The molecule has 0 spiro atoms. The van der Waals surface area contributed by atoms with Crippen molar-refractivity contribution < 1.29 is 108 Å². The van der Waals surface area contributed by atoms with E-state index in [1.165, 1.54) is 21.0 Å². The minimum absolute atomic E-state index is 0.442. The van der Waals surface area contributed by atoms with Gasteiger partial charge in [-0.25, -0.2) is 0 Å². The number of Topliss-reactive ketones (excluding diaryl/α,β-unsaturated/α-hetero) is 1. The number of carbonyl (C=O) groups is 1. The van der Waals surface area contributed by atoms with Crippen molar-refractivity contribution in [1.29, 1.82) is 0 Å². The number of aliphatic hydroxyl groups is 11. The van der Waals surface area contributed by atoms with Crippen molar-refractivity contribution in [1.82, 2.24) is 0 Å². The summed E-state index contributed by atoms with van der Waals surface area (Å²) in [5.41, 5.74) is 0. The third kappa shape index (κ3) is 10.3. The molecule has 4 fully saturated rings. The third-order valence-corrected chi connectivity index (χ3v) is 10.00. The van der Waals surface area contributed by atoms with Gasteiger partial charge >= 0.3 is 0 Å². The molecule has 0 aliphatic carbocycles. The van der Waals surface area contributed by atoms with Crippen LogP contribution in [0.15, 0.2) is 0 Å². The molecular weight excluding hydrogens is 736 g/mol. The molecular formula is C32H56O22. The molecule has 0 aromatic heterocycles. The van der Waals surface area contributed by atoms with Crippen molar-refractivity contribution in [3.63, 3.8) is 0 Å². The van der Waals surface area contributed by atoms with Crippen LogP contribution in [-0.4, -0.2) is 232 Å². The lowest BCUT2D eigenvalue weighted by Crippen LogP contribution is -2.67. The molecule has 4 heterocycles. The van der Waals surface area contributed by atoms with Gasteiger partial charge in [-0.2, -0.15) is 0 Å². The van der Waals surface area contributed by atoms with Crippen molar-refractivity contribution in [2.75, 3.05) is 46.8 Å². The third-order valence-electron chi connectivity index (χ3n) is 10.00. The molecule has 15 unspecified atom stereocenters. The minimum atomic E-state index is -1.99. The van der Waals surface area contributed by atoms with E-state index in [9.17, 15) is 61.0 Å². The molecule has 4 rings (SSSR count). The number of ketones is 1. The topological polar surface area (TPSA) is 332 Å². The van der Waals surface area contributed by atoms with E-state index >= 15 is 0 Å². The summed E-state index contributed by atoms with van der Waals surface area (Å²) in [4.78, 5) is 11.9. The van der Waals surface area contributed by atoms with Gasteiger partial charge in [-0.15, -0.1) is 0 Å². The summed E-state index contributed by atoms with van der Waals surface area (Å²) in [6, 6.07) is 0. The molecule has 21 atom stereocenters. The summed E-state index contributed by atoms with van der Waals surface area (Å²) in [5, 5.41) is 116. The second-order valence-electron chi connectivity index (χ2n) is 13.8. The van der Waals surface area contributed by atoms with E-state index < -0.39 is 174 Å². The molecule has 22 nitrogen and oxygen atoms in total. The molecule has 4 saturated heterocycles. The minimum Gasteiger partial charge on any atom is -0.394 e. The highest BCUT2D eigenvalue weighted by atomic mass is 16.8. The Morgan fingerprint density at radius 2 is 1.02 bits per heavy atom. The highest BCUT2D eigenvalue weighted by Gasteiger charge is 2.55. The maximum Gasteiger partial charge on any atom is 0.187 e. The van der Waals surface area contributed by atoms with E-state index in [0.29, 0.717) is 0 Å². The molecule has 316 valence electrons. The smallest absolute Gasteiger partial charge is 0.187 e. The van der Waals surface area contributed by atoms with Gasteiger partial charge in [-0.1, -0.05) is 6.92 Å². The molecule has 4 aliphatic rings. The molecule has 22 heteroatoms. The van der Waals surface area contributed by atoms with Crippen LogP contribution in [0.4, 0.5) is 0 Å². The number of aliphatic hydroxyl groups excluding tert-OH is 11. The number of hydrogen-bond acceptors (Lipinski definition) is 22. The molecule has 0 amide bonds. The lowest BCUT2D eigenvalue weighted by molar-refractivity contribution is -0.387. The molecule has 0 radical (unpaired) electrons. The maximum absolute atomic E-state index is 11.9. The van der Waals surface area contributed by atoms with Crippen molar-refractivity contribution in [3.05, 3.63) is 0 Å². The monoisotopic (exact) mass is 792 g/mol. The van der Waals surface area contributed by atoms with E-state index in [0.717, 1.165) is 0 Å². The Balaban J connectivity index is 1.52. The average Bonchev–Trinajstić information content (AvgIpc) is 3.15. The molecule has 11 N–H and O–H groups in total. The molecule has 4 aliphatic heterocycles. The Kier molecular flexibility index (Phi) is 17.3. The second kappa shape index (κ2) is 20.5. The van der Waals surface area contributed by atoms with Crippen LogP contribution in [0.2, 0.25) is 0 Å². The zero-order valence-electron chi connectivity index (χ0n) is 30.3. The lowest BCUT2D eigenvalue weighted by atomic mass is 9.90. The van der Waals surface area contributed by atoms with Gasteiger partial charge < -0.3 is 104 Å². The summed E-state index contributed by atoms with van der Waals surface area (Å²) < 4.78 is 56.5. The highest BCUT2D eigenvalue weighted by molar-refractivity contribution is 5.76. The van der Waals surface area contributed by atoms with E-state index in [1.807, 2.05) is 0 Å². The first-order chi connectivity index (χ1) is 25.6. The van der Waals surface area contributed by atoms with Crippen LogP contribution in [0.3, 0.4) is 0 Å². The van der Waals surface area contributed by atoms with Gasteiger partial charge in [0.25, 0.3) is 0 Å². The number of methoxy groups -OCH3 is 1. The van der Waals surface area contributed by atoms with Crippen LogP contribution >= 0.6 is 0 Å². The van der Waals surface area contributed by atoms with Crippen LogP contribution < -0.4 is 0 Å². The van der Waals surface area contributed by atoms with Crippen molar-refractivity contribution in [2.45, 2.75) is 144 Å². The molecule has 0 aromatic rings. The molecule has 0 bridgehead atoms. The van der Waals surface area contributed by atoms with E-state index in [4.69, 9.17) is 47.4 Å². The standard InChI is InChI=1S/C32H56O22/c1-11(37)9-46-29-24(44)27(17(8-36)51-32(29)53-25-15(6-34)48-13(3)20(40)21(25)41)52-30-23(43)22(42)26(16(7-35)50-30)54-31-28(47-10-18(38)45-4)19(39)12(2)14(5-33)49-31/h12-36,38-44H,5-10H2,1-4H3/t12?,13?,14?,15?,16?,17?,18?,19?,20?,21?,22?,23?,24?,25-,26-,27-,28?,29?,30+,31+,32+/m1/s1. The largest absolute Gasteiger partial charge is 0.394 e. The second-order valence-corrected chi connectivity index (χ2v) is 13.8. The molecule has 0 saturated carbocycles. The van der Waals surface area contributed by atoms with Crippen LogP contribution in [0.25, 0.3) is 0 Å². The fourth-order valence-electron chi connectivity index (χ4n) is 6.76. The predicted molar refractivity (Wildman–Crippen MR) is 172 cm³/mol. The lowest BCUT2D eigenvalue weighted by Gasteiger charge is -2.50. The summed E-state index contributed by atoms with van der Waals surface area (Å²) in [6.45, 7) is 0.292. The maximum atomic E-state index is 11.9. The Hall–Kier alpha value is -1.17. The van der Waals surface area contributed by atoms with E-state index in [2.05, 4.69) is 0 Å². The zero-order valence-corrected chi connectivity index (χ0v) is 30.3. The van der Waals surface area contributed by atoms with Crippen LogP contribution in [0.1, 0.15) is 20.8 Å². The van der Waals surface area contributed by atoms with Crippen LogP contribution in [-0.2, 0) is 52.2 Å². The van der Waals surface area contributed by atoms with Crippen LogP contribution in [0, 0.1) is 5.92 Å². The first-order valence-electron chi connectivity index (χ1n) is 17.7.